The lowest BCUT2D eigenvalue weighted by atomic mass is 10.1. The van der Waals surface area contributed by atoms with E-state index in [0.717, 1.165) is 15.8 Å². The number of nitrogens with one attached hydrogen (secondary N) is 1. The van der Waals surface area contributed by atoms with Crippen LogP contribution in [0.2, 0.25) is 0 Å². The zero-order valence-electron chi connectivity index (χ0n) is 10.6. The van der Waals surface area contributed by atoms with Crippen molar-refractivity contribution >= 4 is 27.5 Å². The third-order valence-electron chi connectivity index (χ3n) is 3.19. The van der Waals surface area contributed by atoms with Crippen molar-refractivity contribution in [2.45, 2.75) is 6.04 Å². The number of hydrogen-bond acceptors (Lipinski definition) is 3. The summed E-state index contributed by atoms with van der Waals surface area (Å²) in [5.74, 6) is 0.662. The number of ether oxygens (including phenoxy) is 1. The van der Waals surface area contributed by atoms with Gasteiger partial charge in [0.25, 0.3) is 5.91 Å². The van der Waals surface area contributed by atoms with Crippen LogP contribution in [0.1, 0.15) is 22.0 Å². The number of fused-ring (bicyclic) bond motifs is 1. The van der Waals surface area contributed by atoms with Crippen LogP contribution in [-0.2, 0) is 0 Å². The van der Waals surface area contributed by atoms with E-state index in [1.54, 1.807) is 18.2 Å². The van der Waals surface area contributed by atoms with Gasteiger partial charge in [0.05, 0.1) is 6.04 Å². The summed E-state index contributed by atoms with van der Waals surface area (Å²) in [5.41, 5.74) is 7.83. The molecule has 5 heteroatoms. The largest absolute Gasteiger partial charge is 0.491 e. The van der Waals surface area contributed by atoms with Gasteiger partial charge in [0.2, 0.25) is 0 Å². The van der Waals surface area contributed by atoms with Gasteiger partial charge in [0.15, 0.2) is 0 Å². The lowest BCUT2D eigenvalue weighted by Gasteiger charge is -2.12. The third kappa shape index (κ3) is 2.49. The fraction of sp³-hybridized carbons (Fsp3) is 0.133. The molecule has 102 valence electrons. The van der Waals surface area contributed by atoms with Gasteiger partial charge in [-0.25, -0.2) is 0 Å². The summed E-state index contributed by atoms with van der Waals surface area (Å²) in [6, 6.07) is 12.7. The quantitative estimate of drug-likeness (QED) is 0.831. The van der Waals surface area contributed by atoms with Crippen LogP contribution < -0.4 is 15.8 Å². The van der Waals surface area contributed by atoms with Crippen LogP contribution in [0, 0.1) is 0 Å². The van der Waals surface area contributed by atoms with Gasteiger partial charge in [-0.15, -0.1) is 0 Å². The highest BCUT2D eigenvalue weighted by Crippen LogP contribution is 2.31. The number of benzene rings is 2. The first-order chi connectivity index (χ1) is 9.63. The Morgan fingerprint density at radius 2 is 2.10 bits per heavy atom. The monoisotopic (exact) mass is 332 g/mol. The molecular weight excluding hydrogens is 320 g/mol. The molecule has 1 atom stereocenters. The number of anilines is 1. The highest BCUT2D eigenvalue weighted by atomic mass is 79.9. The molecule has 0 aromatic heterocycles. The Bertz CT molecular complexity index is 652. The second-order valence-electron chi connectivity index (χ2n) is 4.65. The molecule has 1 aliphatic heterocycles. The predicted octanol–water partition coefficient (Wildman–Crippen LogP) is 2.89. The molecule has 0 radical (unpaired) electrons. The lowest BCUT2D eigenvalue weighted by molar-refractivity contribution is 0.0930. The maximum absolute atomic E-state index is 12.3. The zero-order valence-corrected chi connectivity index (χ0v) is 12.2. The van der Waals surface area contributed by atoms with Crippen molar-refractivity contribution in [2.75, 3.05) is 12.3 Å². The number of carbonyl (C=O) groups excluding carboxylic acids is 1. The molecule has 1 unspecified atom stereocenters. The van der Waals surface area contributed by atoms with Crippen LogP contribution in [0.4, 0.5) is 5.69 Å². The zero-order chi connectivity index (χ0) is 14.1. The Morgan fingerprint density at radius 3 is 2.90 bits per heavy atom. The summed E-state index contributed by atoms with van der Waals surface area (Å²) in [5, 5.41) is 2.97. The molecule has 0 aliphatic carbocycles. The van der Waals surface area contributed by atoms with Gasteiger partial charge < -0.3 is 15.8 Å². The number of hydrogen-bond donors (Lipinski definition) is 2. The van der Waals surface area contributed by atoms with Crippen LogP contribution >= 0.6 is 15.9 Å². The molecule has 0 saturated carbocycles. The molecule has 0 bridgehead atoms. The summed E-state index contributed by atoms with van der Waals surface area (Å²) in [6.45, 7) is 0.453. The van der Waals surface area contributed by atoms with E-state index in [9.17, 15) is 4.79 Å². The first kappa shape index (κ1) is 13.0. The highest BCUT2D eigenvalue weighted by molar-refractivity contribution is 9.10. The number of carbonyl (C=O) groups is 1. The molecular formula is C15H13BrN2O2. The lowest BCUT2D eigenvalue weighted by Crippen LogP contribution is -2.29. The topological polar surface area (TPSA) is 64.4 Å². The van der Waals surface area contributed by atoms with E-state index in [1.165, 1.54) is 0 Å². The van der Waals surface area contributed by atoms with E-state index in [0.29, 0.717) is 17.9 Å². The fourth-order valence-electron chi connectivity index (χ4n) is 2.27. The van der Waals surface area contributed by atoms with Gasteiger partial charge in [0.1, 0.15) is 12.4 Å². The van der Waals surface area contributed by atoms with Gasteiger partial charge in [-0.2, -0.15) is 0 Å². The molecule has 4 nitrogen and oxygen atoms in total. The number of nitrogens with two attached hydrogens (primary N) is 1. The van der Waals surface area contributed by atoms with Gasteiger partial charge in [-0.3, -0.25) is 4.79 Å². The molecule has 1 aliphatic rings. The number of para-hydroxylation sites is 1. The molecule has 0 fully saturated rings. The van der Waals surface area contributed by atoms with Crippen molar-refractivity contribution < 1.29 is 9.53 Å². The van der Waals surface area contributed by atoms with E-state index < -0.39 is 0 Å². The second kappa shape index (κ2) is 5.17. The normalized spacial score (nSPS) is 16.4. The highest BCUT2D eigenvalue weighted by Gasteiger charge is 2.25. The fourth-order valence-corrected chi connectivity index (χ4v) is 2.78. The van der Waals surface area contributed by atoms with Crippen molar-refractivity contribution in [3.05, 3.63) is 58.1 Å². The average Bonchev–Trinajstić information content (AvgIpc) is 2.81. The first-order valence-corrected chi connectivity index (χ1v) is 7.01. The minimum atomic E-state index is -0.164. The van der Waals surface area contributed by atoms with E-state index in [-0.39, 0.29) is 11.9 Å². The van der Waals surface area contributed by atoms with Crippen molar-refractivity contribution in [3.63, 3.8) is 0 Å². The first-order valence-electron chi connectivity index (χ1n) is 6.22. The Balaban J connectivity index is 1.80. The van der Waals surface area contributed by atoms with Gasteiger partial charge in [-0.1, -0.05) is 34.1 Å². The summed E-state index contributed by atoms with van der Waals surface area (Å²) in [6.07, 6.45) is 0. The van der Waals surface area contributed by atoms with Crippen molar-refractivity contribution in [1.29, 1.82) is 0 Å². The van der Waals surface area contributed by atoms with E-state index in [1.807, 2.05) is 24.3 Å². The van der Waals surface area contributed by atoms with Crippen LogP contribution in [-0.4, -0.2) is 12.5 Å². The molecule has 20 heavy (non-hydrogen) atoms. The van der Waals surface area contributed by atoms with Crippen LogP contribution in [0.3, 0.4) is 0 Å². The molecule has 2 aromatic rings. The summed E-state index contributed by atoms with van der Waals surface area (Å²) in [4.78, 5) is 12.3. The Morgan fingerprint density at radius 1 is 1.30 bits per heavy atom. The van der Waals surface area contributed by atoms with Crippen LogP contribution in [0.5, 0.6) is 5.75 Å². The predicted molar refractivity (Wildman–Crippen MR) is 80.7 cm³/mol. The molecule has 0 spiro atoms. The van der Waals surface area contributed by atoms with Crippen molar-refractivity contribution in [2.24, 2.45) is 0 Å². The maximum atomic E-state index is 12.3. The number of amides is 1. The number of nitrogen functional groups attached to an aromatic ring is 1. The minimum absolute atomic E-state index is 0.126. The third-order valence-corrected chi connectivity index (χ3v) is 3.65. The van der Waals surface area contributed by atoms with E-state index >= 15 is 0 Å². The van der Waals surface area contributed by atoms with Crippen molar-refractivity contribution in [1.82, 2.24) is 5.32 Å². The minimum Gasteiger partial charge on any atom is -0.491 e. The molecule has 2 aromatic carbocycles. The van der Waals surface area contributed by atoms with Gasteiger partial charge in [0, 0.05) is 21.3 Å². The van der Waals surface area contributed by atoms with E-state index in [2.05, 4.69) is 21.2 Å². The van der Waals surface area contributed by atoms with Gasteiger partial charge in [-0.05, 0) is 24.3 Å². The summed E-state index contributed by atoms with van der Waals surface area (Å²) in [7, 11) is 0. The molecule has 0 saturated heterocycles. The Kier molecular flexibility index (Phi) is 3.36. The summed E-state index contributed by atoms with van der Waals surface area (Å²) >= 11 is 3.34. The summed E-state index contributed by atoms with van der Waals surface area (Å²) < 4.78 is 6.33. The molecule has 3 N–H and O–H groups in total. The molecule has 1 amide bonds. The number of halogens is 1. The van der Waals surface area contributed by atoms with Crippen LogP contribution in [0.25, 0.3) is 0 Å². The molecule has 3 rings (SSSR count). The van der Waals surface area contributed by atoms with Crippen molar-refractivity contribution in [3.8, 4) is 5.75 Å². The van der Waals surface area contributed by atoms with E-state index in [4.69, 9.17) is 10.5 Å². The van der Waals surface area contributed by atoms with Crippen LogP contribution in [0.15, 0.2) is 46.9 Å². The average molecular weight is 333 g/mol. The smallest absolute Gasteiger partial charge is 0.251 e. The maximum Gasteiger partial charge on any atom is 0.251 e. The number of rotatable bonds is 2. The van der Waals surface area contributed by atoms with Gasteiger partial charge >= 0.3 is 0 Å². The Hall–Kier alpha value is -2.01. The second-order valence-corrected chi connectivity index (χ2v) is 5.56. The Labute approximate surface area is 125 Å². The standard InChI is InChI=1S/C15H13BrN2O2/c16-10-5-9(6-11(17)7-10)15(19)18-13-8-20-14-4-2-1-3-12(13)14/h1-7,13H,8,17H2,(H,18,19). The molecule has 1 heterocycles. The SMILES string of the molecule is Nc1cc(Br)cc(C(=O)NC2COc3ccccc32)c1.